The third-order valence-corrected chi connectivity index (χ3v) is 2.79. The molecule has 0 spiro atoms. The smallest absolute Gasteiger partial charge is 0.179 e. The second-order valence-corrected chi connectivity index (χ2v) is 4.19. The van der Waals surface area contributed by atoms with E-state index >= 15 is 0 Å². The predicted molar refractivity (Wildman–Crippen MR) is 56.3 cm³/mol. The van der Waals surface area contributed by atoms with Crippen LogP contribution in [0.15, 0.2) is 18.2 Å². The molecule has 0 unspecified atom stereocenters. The number of halogens is 2. The van der Waals surface area contributed by atoms with Crippen LogP contribution < -0.4 is 0 Å². The van der Waals surface area contributed by atoms with Gasteiger partial charge in [0, 0.05) is 12.1 Å². The summed E-state index contributed by atoms with van der Waals surface area (Å²) in [5.41, 5.74) is -0.0334. The van der Waals surface area contributed by atoms with E-state index in [2.05, 4.69) is 0 Å². The Kier molecular flexibility index (Phi) is 3.01. The summed E-state index contributed by atoms with van der Waals surface area (Å²) in [6, 6.07) is 3.50. The van der Waals surface area contributed by atoms with Crippen molar-refractivity contribution in [1.29, 1.82) is 0 Å². The fourth-order valence-corrected chi connectivity index (χ4v) is 1.67. The summed E-state index contributed by atoms with van der Waals surface area (Å²) in [6.45, 7) is 0.188. The highest BCUT2D eigenvalue weighted by Gasteiger charge is 2.28. The number of rotatable bonds is 4. The number of carbonyl (C=O) groups excluding carboxylic acids is 1. The summed E-state index contributed by atoms with van der Waals surface area (Å²) in [4.78, 5) is 13.6. The third-order valence-electron chi connectivity index (χ3n) is 2.79. The fourth-order valence-electron chi connectivity index (χ4n) is 1.67. The normalized spacial score (nSPS) is 15.5. The lowest BCUT2D eigenvalue weighted by Crippen LogP contribution is -2.28. The van der Waals surface area contributed by atoms with E-state index in [1.807, 2.05) is 11.9 Å². The zero-order valence-electron chi connectivity index (χ0n) is 9.04. The minimum Gasteiger partial charge on any atom is -0.296 e. The van der Waals surface area contributed by atoms with Crippen LogP contribution in [0.4, 0.5) is 8.78 Å². The maximum Gasteiger partial charge on any atom is 0.179 e. The third kappa shape index (κ3) is 2.44. The van der Waals surface area contributed by atoms with Gasteiger partial charge in [-0.3, -0.25) is 9.69 Å². The molecule has 0 bridgehead atoms. The van der Waals surface area contributed by atoms with Crippen LogP contribution in [0.2, 0.25) is 0 Å². The number of carbonyl (C=O) groups is 1. The van der Waals surface area contributed by atoms with Crippen molar-refractivity contribution in [2.24, 2.45) is 0 Å². The van der Waals surface area contributed by atoms with Crippen molar-refractivity contribution in [3.63, 3.8) is 0 Å². The summed E-state index contributed by atoms with van der Waals surface area (Å²) in [6.07, 6.45) is 2.19. The van der Waals surface area contributed by atoms with Crippen LogP contribution in [0, 0.1) is 11.6 Å². The zero-order chi connectivity index (χ0) is 11.7. The Bertz CT molecular complexity index is 415. The van der Waals surface area contributed by atoms with E-state index in [0.717, 1.165) is 25.0 Å². The minimum absolute atomic E-state index is 0.0334. The number of hydrogen-bond acceptors (Lipinski definition) is 2. The van der Waals surface area contributed by atoms with E-state index in [0.29, 0.717) is 6.04 Å². The maximum atomic E-state index is 13.3. The van der Waals surface area contributed by atoms with Crippen molar-refractivity contribution >= 4 is 5.78 Å². The molecule has 1 saturated carbocycles. The van der Waals surface area contributed by atoms with Gasteiger partial charge < -0.3 is 0 Å². The van der Waals surface area contributed by atoms with Gasteiger partial charge in [-0.05, 0) is 32.0 Å². The lowest BCUT2D eigenvalue weighted by Gasteiger charge is -2.14. The topological polar surface area (TPSA) is 20.3 Å². The summed E-state index contributed by atoms with van der Waals surface area (Å²) < 4.78 is 25.9. The summed E-state index contributed by atoms with van der Waals surface area (Å²) in [7, 11) is 1.84. The molecule has 1 aliphatic carbocycles. The van der Waals surface area contributed by atoms with Crippen LogP contribution in [-0.2, 0) is 0 Å². The van der Waals surface area contributed by atoms with Crippen LogP contribution in [-0.4, -0.2) is 30.3 Å². The minimum atomic E-state index is -0.783. The molecule has 86 valence electrons. The number of ketones is 1. The SMILES string of the molecule is CN(CC(=O)c1ccc(F)cc1F)C1CC1. The summed E-state index contributed by atoms with van der Waals surface area (Å²) in [5.74, 6) is -1.74. The van der Waals surface area contributed by atoms with Crippen LogP contribution >= 0.6 is 0 Å². The van der Waals surface area contributed by atoms with Crippen molar-refractivity contribution in [1.82, 2.24) is 4.90 Å². The molecule has 4 heteroatoms. The Labute approximate surface area is 92.9 Å². The molecular formula is C12H13F2NO. The maximum absolute atomic E-state index is 13.3. The standard InChI is InChI=1S/C12H13F2NO/c1-15(9-3-4-9)7-12(16)10-5-2-8(13)6-11(10)14/h2,5-6,9H,3-4,7H2,1H3. The molecule has 0 amide bonds. The molecule has 2 rings (SSSR count). The largest absolute Gasteiger partial charge is 0.296 e. The van der Waals surface area contributed by atoms with E-state index in [9.17, 15) is 13.6 Å². The number of hydrogen-bond donors (Lipinski definition) is 0. The number of Topliss-reactive ketones (excluding diaryl/α,β-unsaturated/α-hetero) is 1. The predicted octanol–water partition coefficient (Wildman–Crippen LogP) is 2.24. The second kappa shape index (κ2) is 4.29. The summed E-state index contributed by atoms with van der Waals surface area (Å²) >= 11 is 0. The lowest BCUT2D eigenvalue weighted by molar-refractivity contribution is 0.0938. The van der Waals surface area contributed by atoms with Gasteiger partial charge in [0.15, 0.2) is 5.78 Å². The Morgan fingerprint density at radius 2 is 2.12 bits per heavy atom. The van der Waals surface area contributed by atoms with Crippen molar-refractivity contribution < 1.29 is 13.6 Å². The molecule has 0 aromatic heterocycles. The van der Waals surface area contributed by atoms with Crippen LogP contribution in [0.25, 0.3) is 0 Å². The Balaban J connectivity index is 2.07. The monoisotopic (exact) mass is 225 g/mol. The van der Waals surface area contributed by atoms with Gasteiger partial charge in [0.25, 0.3) is 0 Å². The highest BCUT2D eigenvalue weighted by Crippen LogP contribution is 2.25. The Morgan fingerprint density at radius 1 is 1.44 bits per heavy atom. The van der Waals surface area contributed by atoms with Crippen LogP contribution in [0.3, 0.4) is 0 Å². The van der Waals surface area contributed by atoms with E-state index < -0.39 is 11.6 Å². The molecule has 0 saturated heterocycles. The average Bonchev–Trinajstić information content (AvgIpc) is 2.99. The molecular weight excluding hydrogens is 212 g/mol. The first kappa shape index (κ1) is 11.2. The van der Waals surface area contributed by atoms with Gasteiger partial charge in [-0.2, -0.15) is 0 Å². The van der Waals surface area contributed by atoms with Gasteiger partial charge in [-0.25, -0.2) is 8.78 Å². The van der Waals surface area contributed by atoms with Gasteiger partial charge in [0.05, 0.1) is 12.1 Å². The first-order valence-electron chi connectivity index (χ1n) is 5.26. The lowest BCUT2D eigenvalue weighted by atomic mass is 10.1. The molecule has 16 heavy (non-hydrogen) atoms. The second-order valence-electron chi connectivity index (χ2n) is 4.19. The molecule has 0 radical (unpaired) electrons. The average molecular weight is 225 g/mol. The molecule has 2 nitrogen and oxygen atoms in total. The molecule has 0 atom stereocenters. The quantitative estimate of drug-likeness (QED) is 0.732. The van der Waals surface area contributed by atoms with Crippen molar-refractivity contribution in [2.75, 3.05) is 13.6 Å². The highest BCUT2D eigenvalue weighted by atomic mass is 19.1. The van der Waals surface area contributed by atoms with Crippen molar-refractivity contribution in [3.05, 3.63) is 35.4 Å². The van der Waals surface area contributed by atoms with Gasteiger partial charge in [0.2, 0.25) is 0 Å². The molecule has 0 aliphatic heterocycles. The Morgan fingerprint density at radius 3 is 2.69 bits per heavy atom. The number of likely N-dealkylation sites (N-methyl/N-ethyl adjacent to an activating group) is 1. The molecule has 0 N–H and O–H groups in total. The van der Waals surface area contributed by atoms with Gasteiger partial charge in [-0.1, -0.05) is 0 Å². The van der Waals surface area contributed by atoms with Gasteiger partial charge in [0.1, 0.15) is 11.6 Å². The molecule has 1 aromatic rings. The fraction of sp³-hybridized carbons (Fsp3) is 0.417. The van der Waals surface area contributed by atoms with Gasteiger partial charge >= 0.3 is 0 Å². The van der Waals surface area contributed by atoms with E-state index in [4.69, 9.17) is 0 Å². The Hall–Kier alpha value is -1.29. The van der Waals surface area contributed by atoms with E-state index in [-0.39, 0.29) is 17.9 Å². The number of nitrogens with zero attached hydrogens (tertiary/aromatic N) is 1. The van der Waals surface area contributed by atoms with E-state index in [1.165, 1.54) is 6.07 Å². The van der Waals surface area contributed by atoms with Crippen LogP contribution in [0.5, 0.6) is 0 Å². The van der Waals surface area contributed by atoms with Gasteiger partial charge in [-0.15, -0.1) is 0 Å². The zero-order valence-corrected chi connectivity index (χ0v) is 9.04. The van der Waals surface area contributed by atoms with Crippen LogP contribution in [0.1, 0.15) is 23.2 Å². The highest BCUT2D eigenvalue weighted by molar-refractivity contribution is 5.97. The molecule has 1 aromatic carbocycles. The summed E-state index contributed by atoms with van der Waals surface area (Å²) in [5, 5.41) is 0. The molecule has 0 heterocycles. The number of benzene rings is 1. The van der Waals surface area contributed by atoms with Crippen molar-refractivity contribution in [3.8, 4) is 0 Å². The van der Waals surface area contributed by atoms with Crippen molar-refractivity contribution in [2.45, 2.75) is 18.9 Å². The molecule has 1 fully saturated rings. The first-order chi connectivity index (χ1) is 7.58. The molecule has 1 aliphatic rings. The first-order valence-corrected chi connectivity index (χ1v) is 5.26. The van der Waals surface area contributed by atoms with E-state index in [1.54, 1.807) is 0 Å².